The van der Waals surface area contributed by atoms with Crippen LogP contribution in [0.5, 0.6) is 0 Å². The standard InChI is InChI=1S/C10H19N3O.ClH/c11-10(4-2-1-3-5-10)9(14)13-8-6-12-7-8;/h8,12H,1-7,11H2,(H,13,14);1H. The van der Waals surface area contributed by atoms with Crippen molar-refractivity contribution in [1.29, 1.82) is 0 Å². The summed E-state index contributed by atoms with van der Waals surface area (Å²) in [5, 5.41) is 6.13. The molecule has 4 N–H and O–H groups in total. The summed E-state index contributed by atoms with van der Waals surface area (Å²) in [5.74, 6) is 0.0590. The number of hydrogen-bond acceptors (Lipinski definition) is 3. The molecule has 4 nitrogen and oxygen atoms in total. The minimum Gasteiger partial charge on any atom is -0.349 e. The molecule has 0 unspecified atom stereocenters. The summed E-state index contributed by atoms with van der Waals surface area (Å²) >= 11 is 0. The van der Waals surface area contributed by atoms with Gasteiger partial charge in [0, 0.05) is 13.1 Å². The second-order valence-electron chi connectivity index (χ2n) is 4.55. The van der Waals surface area contributed by atoms with E-state index in [4.69, 9.17) is 5.73 Å². The van der Waals surface area contributed by atoms with E-state index in [-0.39, 0.29) is 18.3 Å². The highest BCUT2D eigenvalue weighted by Gasteiger charge is 2.36. The van der Waals surface area contributed by atoms with Gasteiger partial charge in [0.2, 0.25) is 5.91 Å². The van der Waals surface area contributed by atoms with E-state index in [2.05, 4.69) is 10.6 Å². The van der Waals surface area contributed by atoms with Gasteiger partial charge in [-0.15, -0.1) is 12.4 Å². The van der Waals surface area contributed by atoms with Crippen LogP contribution in [0.25, 0.3) is 0 Å². The fourth-order valence-electron chi connectivity index (χ4n) is 2.13. The molecule has 5 heteroatoms. The molecule has 1 aliphatic carbocycles. The monoisotopic (exact) mass is 233 g/mol. The molecule has 1 saturated heterocycles. The Morgan fingerprint density at radius 2 is 1.87 bits per heavy atom. The van der Waals surface area contributed by atoms with Crippen molar-refractivity contribution in [2.75, 3.05) is 13.1 Å². The lowest BCUT2D eigenvalue weighted by molar-refractivity contribution is -0.128. The van der Waals surface area contributed by atoms with Crippen molar-refractivity contribution in [2.24, 2.45) is 5.73 Å². The Morgan fingerprint density at radius 3 is 2.33 bits per heavy atom. The highest BCUT2D eigenvalue weighted by atomic mass is 35.5. The van der Waals surface area contributed by atoms with Crippen molar-refractivity contribution < 1.29 is 4.79 Å². The molecule has 0 bridgehead atoms. The molecule has 2 aliphatic rings. The molecule has 0 spiro atoms. The van der Waals surface area contributed by atoms with Gasteiger partial charge >= 0.3 is 0 Å². The molecule has 15 heavy (non-hydrogen) atoms. The molecule has 0 radical (unpaired) electrons. The molecule has 1 saturated carbocycles. The van der Waals surface area contributed by atoms with Crippen molar-refractivity contribution >= 4 is 18.3 Å². The molecule has 0 atom stereocenters. The van der Waals surface area contributed by atoms with Crippen LogP contribution < -0.4 is 16.4 Å². The van der Waals surface area contributed by atoms with Gasteiger partial charge in [-0.2, -0.15) is 0 Å². The smallest absolute Gasteiger partial charge is 0.240 e. The predicted molar refractivity (Wildman–Crippen MR) is 62.1 cm³/mol. The number of hydrogen-bond donors (Lipinski definition) is 3. The minimum absolute atomic E-state index is 0. The molecule has 0 aromatic rings. The van der Waals surface area contributed by atoms with Crippen LogP contribution >= 0.6 is 12.4 Å². The van der Waals surface area contributed by atoms with E-state index in [1.54, 1.807) is 0 Å². The average molecular weight is 234 g/mol. The van der Waals surface area contributed by atoms with E-state index in [1.807, 2.05) is 0 Å². The molecule has 88 valence electrons. The summed E-state index contributed by atoms with van der Waals surface area (Å²) in [6.07, 6.45) is 5.09. The lowest BCUT2D eigenvalue weighted by Crippen LogP contribution is -2.63. The lowest BCUT2D eigenvalue weighted by Gasteiger charge is -2.36. The molecule has 0 aromatic heterocycles. The minimum atomic E-state index is -0.576. The number of rotatable bonds is 2. The highest BCUT2D eigenvalue weighted by molar-refractivity contribution is 5.86. The van der Waals surface area contributed by atoms with Gasteiger partial charge in [-0.1, -0.05) is 19.3 Å². The van der Waals surface area contributed by atoms with E-state index in [1.165, 1.54) is 6.42 Å². The van der Waals surface area contributed by atoms with Crippen LogP contribution in [-0.4, -0.2) is 30.6 Å². The van der Waals surface area contributed by atoms with Gasteiger partial charge in [-0.25, -0.2) is 0 Å². The van der Waals surface area contributed by atoms with Crippen LogP contribution in [0.4, 0.5) is 0 Å². The van der Waals surface area contributed by atoms with Crippen LogP contribution in [0, 0.1) is 0 Å². The third-order valence-electron chi connectivity index (χ3n) is 3.31. The van der Waals surface area contributed by atoms with Gasteiger partial charge in [0.1, 0.15) is 0 Å². The van der Waals surface area contributed by atoms with Crippen LogP contribution in [0.1, 0.15) is 32.1 Å². The lowest BCUT2D eigenvalue weighted by atomic mass is 9.81. The average Bonchev–Trinajstić information content (AvgIpc) is 2.12. The summed E-state index contributed by atoms with van der Waals surface area (Å²) in [5.41, 5.74) is 5.52. The third-order valence-corrected chi connectivity index (χ3v) is 3.31. The third kappa shape index (κ3) is 2.83. The van der Waals surface area contributed by atoms with E-state index < -0.39 is 5.54 Å². The van der Waals surface area contributed by atoms with E-state index in [0.29, 0.717) is 6.04 Å². The number of carbonyl (C=O) groups is 1. The quantitative estimate of drug-likeness (QED) is 0.637. The van der Waals surface area contributed by atoms with E-state index in [9.17, 15) is 4.79 Å². The van der Waals surface area contributed by atoms with Crippen LogP contribution in [0.15, 0.2) is 0 Å². The Hall–Kier alpha value is -0.320. The summed E-state index contributed by atoms with van der Waals surface area (Å²) in [6, 6.07) is 0.310. The van der Waals surface area contributed by atoms with Crippen molar-refractivity contribution in [1.82, 2.24) is 10.6 Å². The summed E-state index contributed by atoms with van der Waals surface area (Å²) in [7, 11) is 0. The van der Waals surface area contributed by atoms with Crippen LogP contribution in [-0.2, 0) is 4.79 Å². The number of amides is 1. The van der Waals surface area contributed by atoms with Crippen LogP contribution in [0.2, 0.25) is 0 Å². The first kappa shape index (κ1) is 12.7. The number of carbonyl (C=O) groups excluding carboxylic acids is 1. The Kier molecular flexibility index (Phi) is 4.37. The van der Waals surface area contributed by atoms with Gasteiger partial charge in [0.15, 0.2) is 0 Å². The molecule has 2 fully saturated rings. The zero-order valence-corrected chi connectivity index (χ0v) is 9.74. The van der Waals surface area contributed by atoms with E-state index in [0.717, 1.165) is 38.8 Å². The first-order valence-electron chi connectivity index (χ1n) is 5.51. The van der Waals surface area contributed by atoms with Crippen molar-refractivity contribution in [3.05, 3.63) is 0 Å². The molecule has 1 aliphatic heterocycles. The summed E-state index contributed by atoms with van der Waals surface area (Å²) in [4.78, 5) is 11.9. The Balaban J connectivity index is 0.00000112. The molecular formula is C10H20ClN3O. The van der Waals surface area contributed by atoms with Crippen molar-refractivity contribution in [3.63, 3.8) is 0 Å². The molecule has 2 rings (SSSR count). The Labute approximate surface area is 96.8 Å². The largest absolute Gasteiger partial charge is 0.349 e. The first-order chi connectivity index (χ1) is 6.71. The topological polar surface area (TPSA) is 67.2 Å². The maximum atomic E-state index is 11.9. The first-order valence-corrected chi connectivity index (χ1v) is 5.51. The maximum Gasteiger partial charge on any atom is 0.240 e. The molecule has 0 aromatic carbocycles. The van der Waals surface area contributed by atoms with Gasteiger partial charge in [0.05, 0.1) is 11.6 Å². The molecule has 1 amide bonds. The van der Waals surface area contributed by atoms with Gasteiger partial charge in [-0.05, 0) is 12.8 Å². The van der Waals surface area contributed by atoms with Crippen LogP contribution in [0.3, 0.4) is 0 Å². The number of halogens is 1. The zero-order chi connectivity index (χ0) is 10.0. The van der Waals surface area contributed by atoms with Crippen molar-refractivity contribution in [2.45, 2.75) is 43.7 Å². The van der Waals surface area contributed by atoms with Gasteiger partial charge in [0.25, 0.3) is 0 Å². The second-order valence-corrected chi connectivity index (χ2v) is 4.55. The fourth-order valence-corrected chi connectivity index (χ4v) is 2.13. The summed E-state index contributed by atoms with van der Waals surface area (Å²) in [6.45, 7) is 1.78. The molecular weight excluding hydrogens is 214 g/mol. The van der Waals surface area contributed by atoms with Gasteiger partial charge in [-0.3, -0.25) is 4.79 Å². The number of nitrogens with two attached hydrogens (primary N) is 1. The fraction of sp³-hybridized carbons (Fsp3) is 0.900. The maximum absolute atomic E-state index is 11.9. The number of nitrogens with one attached hydrogen (secondary N) is 2. The molecule has 1 heterocycles. The normalized spacial score (nSPS) is 24.9. The summed E-state index contributed by atoms with van der Waals surface area (Å²) < 4.78 is 0. The predicted octanol–water partition coefficient (Wildman–Crippen LogP) is 0.158. The Morgan fingerprint density at radius 1 is 1.27 bits per heavy atom. The SMILES string of the molecule is Cl.NC1(C(=O)NC2CNC2)CCCCC1. The Bertz CT molecular complexity index is 225. The van der Waals surface area contributed by atoms with Gasteiger partial charge < -0.3 is 16.4 Å². The van der Waals surface area contributed by atoms with E-state index >= 15 is 0 Å². The van der Waals surface area contributed by atoms with Crippen molar-refractivity contribution in [3.8, 4) is 0 Å². The highest BCUT2D eigenvalue weighted by Crippen LogP contribution is 2.26. The second kappa shape index (κ2) is 5.14. The zero-order valence-electron chi connectivity index (χ0n) is 8.92.